The van der Waals surface area contributed by atoms with Crippen molar-refractivity contribution in [3.63, 3.8) is 0 Å². The van der Waals surface area contributed by atoms with E-state index in [4.69, 9.17) is 5.73 Å². The Balaban J connectivity index is 2.16. The van der Waals surface area contributed by atoms with E-state index in [-0.39, 0.29) is 6.04 Å². The molecule has 0 bridgehead atoms. The van der Waals surface area contributed by atoms with Crippen LogP contribution in [0.5, 0.6) is 0 Å². The molecule has 0 aliphatic carbocycles. The van der Waals surface area contributed by atoms with Crippen LogP contribution >= 0.6 is 0 Å². The smallest absolute Gasteiger partial charge is 0.0948 e. The van der Waals surface area contributed by atoms with Crippen LogP contribution in [0.15, 0.2) is 12.5 Å². The Hall–Kier alpha value is -0.830. The number of unbranched alkanes of at least 4 members (excludes halogenated alkanes) is 3. The standard InChI is InChI=1S/C14H27N3/c1-12(2)8-6-4-5-7-9-17-11-16-10-14(17)13(3)15/h10-13H,4-9,15H2,1-3H3/t13-/m1/s1. The summed E-state index contributed by atoms with van der Waals surface area (Å²) in [7, 11) is 0. The average Bonchev–Trinajstić information content (AvgIpc) is 2.71. The summed E-state index contributed by atoms with van der Waals surface area (Å²) in [6.45, 7) is 7.65. The third-order valence-corrected chi connectivity index (χ3v) is 3.14. The largest absolute Gasteiger partial charge is 0.333 e. The molecule has 1 rings (SSSR count). The molecule has 2 N–H and O–H groups in total. The second-order valence-electron chi connectivity index (χ2n) is 5.40. The van der Waals surface area contributed by atoms with Crippen molar-refractivity contribution in [3.8, 4) is 0 Å². The number of imidazole rings is 1. The lowest BCUT2D eigenvalue weighted by atomic mass is 10.0. The summed E-state index contributed by atoms with van der Waals surface area (Å²) in [4.78, 5) is 4.16. The number of nitrogens with two attached hydrogens (primary N) is 1. The van der Waals surface area contributed by atoms with Gasteiger partial charge in [0.15, 0.2) is 0 Å². The highest BCUT2D eigenvalue weighted by molar-refractivity contribution is 5.02. The van der Waals surface area contributed by atoms with Gasteiger partial charge in [0.05, 0.1) is 12.0 Å². The summed E-state index contributed by atoms with van der Waals surface area (Å²) in [5.41, 5.74) is 7.03. The molecule has 0 spiro atoms. The highest BCUT2D eigenvalue weighted by Gasteiger charge is 2.05. The van der Waals surface area contributed by atoms with Crippen LogP contribution < -0.4 is 5.73 Å². The Bertz CT molecular complexity index is 302. The van der Waals surface area contributed by atoms with E-state index in [0.29, 0.717) is 0 Å². The van der Waals surface area contributed by atoms with Gasteiger partial charge in [-0.25, -0.2) is 4.98 Å². The van der Waals surface area contributed by atoms with Crippen molar-refractivity contribution in [2.45, 2.75) is 65.5 Å². The molecule has 0 saturated heterocycles. The molecule has 3 nitrogen and oxygen atoms in total. The fraction of sp³-hybridized carbons (Fsp3) is 0.786. The molecule has 1 aromatic rings. The van der Waals surface area contributed by atoms with Gasteiger partial charge >= 0.3 is 0 Å². The van der Waals surface area contributed by atoms with Crippen molar-refractivity contribution >= 4 is 0 Å². The third-order valence-electron chi connectivity index (χ3n) is 3.14. The van der Waals surface area contributed by atoms with Crippen LogP contribution in [0.4, 0.5) is 0 Å². The van der Waals surface area contributed by atoms with Crippen molar-refractivity contribution in [2.24, 2.45) is 11.7 Å². The second-order valence-corrected chi connectivity index (χ2v) is 5.40. The minimum Gasteiger partial charge on any atom is -0.333 e. The molecule has 0 aliphatic heterocycles. The van der Waals surface area contributed by atoms with E-state index in [1.165, 1.54) is 32.1 Å². The van der Waals surface area contributed by atoms with Crippen LogP contribution in [0.25, 0.3) is 0 Å². The van der Waals surface area contributed by atoms with Gasteiger partial charge < -0.3 is 10.3 Å². The van der Waals surface area contributed by atoms with E-state index in [0.717, 1.165) is 18.2 Å². The van der Waals surface area contributed by atoms with Crippen LogP contribution in [-0.2, 0) is 6.54 Å². The maximum absolute atomic E-state index is 5.88. The van der Waals surface area contributed by atoms with Crippen molar-refractivity contribution in [3.05, 3.63) is 18.2 Å². The molecule has 1 heterocycles. The van der Waals surface area contributed by atoms with E-state index >= 15 is 0 Å². The lowest BCUT2D eigenvalue weighted by Crippen LogP contribution is -2.11. The topological polar surface area (TPSA) is 43.8 Å². The SMILES string of the molecule is CC(C)CCCCCCn1cncc1[C@@H](C)N. The molecule has 0 aromatic carbocycles. The van der Waals surface area contributed by atoms with Crippen molar-refractivity contribution in [2.75, 3.05) is 0 Å². The van der Waals surface area contributed by atoms with Gasteiger partial charge in [-0.3, -0.25) is 0 Å². The predicted octanol–water partition coefficient (Wildman–Crippen LogP) is 3.51. The maximum atomic E-state index is 5.88. The maximum Gasteiger partial charge on any atom is 0.0948 e. The molecule has 0 unspecified atom stereocenters. The summed E-state index contributed by atoms with van der Waals surface area (Å²) < 4.78 is 2.19. The first-order valence-corrected chi connectivity index (χ1v) is 6.87. The molecule has 0 saturated carbocycles. The molecule has 98 valence electrons. The molecule has 0 aliphatic rings. The van der Waals surface area contributed by atoms with Crippen LogP contribution in [0.1, 0.15) is 64.6 Å². The average molecular weight is 237 g/mol. The molecule has 0 radical (unpaired) electrons. The lowest BCUT2D eigenvalue weighted by molar-refractivity contribution is 0.500. The Kier molecular flexibility index (Phi) is 6.27. The molecule has 1 atom stereocenters. The quantitative estimate of drug-likeness (QED) is 0.703. The van der Waals surface area contributed by atoms with Gasteiger partial charge in [0, 0.05) is 18.8 Å². The Morgan fingerprint density at radius 1 is 1.18 bits per heavy atom. The molecular formula is C14H27N3. The van der Waals surface area contributed by atoms with E-state index in [2.05, 4.69) is 23.4 Å². The molecule has 3 heteroatoms. The predicted molar refractivity (Wildman–Crippen MR) is 72.8 cm³/mol. The molecule has 0 fully saturated rings. The molecule has 0 amide bonds. The molecule has 17 heavy (non-hydrogen) atoms. The van der Waals surface area contributed by atoms with E-state index < -0.39 is 0 Å². The Morgan fingerprint density at radius 3 is 2.53 bits per heavy atom. The highest BCUT2D eigenvalue weighted by atomic mass is 15.1. The fourth-order valence-corrected chi connectivity index (χ4v) is 2.09. The Labute approximate surface area is 105 Å². The lowest BCUT2D eigenvalue weighted by Gasteiger charge is -2.10. The number of nitrogens with zero attached hydrogens (tertiary/aromatic N) is 2. The summed E-state index contributed by atoms with van der Waals surface area (Å²) in [5.74, 6) is 0.841. The van der Waals surface area contributed by atoms with E-state index in [1.54, 1.807) is 0 Å². The van der Waals surface area contributed by atoms with Crippen molar-refractivity contribution < 1.29 is 0 Å². The number of hydrogen-bond donors (Lipinski definition) is 1. The number of hydrogen-bond acceptors (Lipinski definition) is 2. The first-order chi connectivity index (χ1) is 8.11. The zero-order valence-electron chi connectivity index (χ0n) is 11.5. The third kappa shape index (κ3) is 5.35. The van der Waals surface area contributed by atoms with Crippen LogP contribution in [0.3, 0.4) is 0 Å². The normalized spacial score (nSPS) is 13.2. The summed E-state index contributed by atoms with van der Waals surface area (Å²) in [6.07, 6.45) is 10.4. The van der Waals surface area contributed by atoms with Crippen molar-refractivity contribution in [1.82, 2.24) is 9.55 Å². The van der Waals surface area contributed by atoms with Gasteiger partial charge in [0.1, 0.15) is 0 Å². The Morgan fingerprint density at radius 2 is 1.88 bits per heavy atom. The van der Waals surface area contributed by atoms with Crippen LogP contribution in [0.2, 0.25) is 0 Å². The van der Waals surface area contributed by atoms with Crippen LogP contribution in [-0.4, -0.2) is 9.55 Å². The monoisotopic (exact) mass is 237 g/mol. The summed E-state index contributed by atoms with van der Waals surface area (Å²) in [5, 5.41) is 0. The van der Waals surface area contributed by atoms with E-state index in [1.807, 2.05) is 19.4 Å². The molecule has 1 aromatic heterocycles. The summed E-state index contributed by atoms with van der Waals surface area (Å²) in [6, 6.07) is 0.0819. The number of rotatable bonds is 8. The zero-order valence-corrected chi connectivity index (χ0v) is 11.5. The summed E-state index contributed by atoms with van der Waals surface area (Å²) >= 11 is 0. The van der Waals surface area contributed by atoms with Gasteiger partial charge in [0.25, 0.3) is 0 Å². The van der Waals surface area contributed by atoms with Crippen LogP contribution in [0, 0.1) is 5.92 Å². The highest BCUT2D eigenvalue weighted by Crippen LogP contribution is 2.12. The van der Waals surface area contributed by atoms with Gasteiger partial charge in [0.2, 0.25) is 0 Å². The first kappa shape index (κ1) is 14.2. The van der Waals surface area contributed by atoms with E-state index in [9.17, 15) is 0 Å². The van der Waals surface area contributed by atoms with Gasteiger partial charge in [-0.1, -0.05) is 39.5 Å². The molecular weight excluding hydrogens is 210 g/mol. The first-order valence-electron chi connectivity index (χ1n) is 6.87. The number of aromatic nitrogens is 2. The second kappa shape index (κ2) is 7.49. The zero-order chi connectivity index (χ0) is 12.7. The number of aryl methyl sites for hydroxylation is 1. The minimum absolute atomic E-state index is 0.0819. The van der Waals surface area contributed by atoms with Crippen molar-refractivity contribution in [1.29, 1.82) is 0 Å². The fourth-order valence-electron chi connectivity index (χ4n) is 2.09. The minimum atomic E-state index is 0.0819. The van der Waals surface area contributed by atoms with Gasteiger partial charge in [-0.15, -0.1) is 0 Å². The van der Waals surface area contributed by atoms with Gasteiger partial charge in [-0.05, 0) is 19.3 Å². The van der Waals surface area contributed by atoms with Gasteiger partial charge in [-0.2, -0.15) is 0 Å².